The fraction of sp³-hybridized carbons (Fsp3) is 0.583. The van der Waals surface area contributed by atoms with Crippen molar-refractivity contribution >= 4 is 5.69 Å². The predicted molar refractivity (Wildman–Crippen MR) is 59.2 cm³/mol. The molecule has 0 aromatic carbocycles. The summed E-state index contributed by atoms with van der Waals surface area (Å²) in [6, 6.07) is 4.05. The maximum atomic E-state index is 4.00. The number of nitrogens with zero attached hydrogens (tertiary/aromatic N) is 1. The smallest absolute Gasteiger partial charge is 0.0371 e. The maximum absolute atomic E-state index is 4.00. The largest absolute Gasteiger partial charge is 0.384 e. The minimum Gasteiger partial charge on any atom is -0.384 e. The molecule has 0 amide bonds. The zero-order valence-corrected chi connectivity index (χ0v) is 8.96. The van der Waals surface area contributed by atoms with E-state index in [2.05, 4.69) is 24.1 Å². The minimum absolute atomic E-state index is 0.573. The Morgan fingerprint density at radius 1 is 1.36 bits per heavy atom. The van der Waals surface area contributed by atoms with Crippen molar-refractivity contribution in [2.45, 2.75) is 26.7 Å². The lowest BCUT2D eigenvalue weighted by Gasteiger charge is -2.20. The molecule has 0 radical (unpaired) electrons. The van der Waals surface area contributed by atoms with Gasteiger partial charge < -0.3 is 5.32 Å². The first-order valence-corrected chi connectivity index (χ1v) is 5.37. The van der Waals surface area contributed by atoms with Crippen LogP contribution in [0.2, 0.25) is 0 Å². The predicted octanol–water partition coefficient (Wildman–Crippen LogP) is 2.93. The molecule has 2 rings (SSSR count). The quantitative estimate of drug-likeness (QED) is 0.789. The van der Waals surface area contributed by atoms with Crippen molar-refractivity contribution in [2.24, 2.45) is 11.3 Å². The van der Waals surface area contributed by atoms with Gasteiger partial charge in [-0.1, -0.05) is 13.8 Å². The van der Waals surface area contributed by atoms with Crippen molar-refractivity contribution in [3.63, 3.8) is 0 Å². The molecule has 1 aromatic rings. The molecule has 2 heteroatoms. The van der Waals surface area contributed by atoms with Crippen LogP contribution >= 0.6 is 0 Å². The van der Waals surface area contributed by atoms with E-state index in [1.165, 1.54) is 18.5 Å². The third-order valence-electron chi connectivity index (χ3n) is 3.44. The number of nitrogens with one attached hydrogen (secondary N) is 1. The lowest BCUT2D eigenvalue weighted by Crippen LogP contribution is -2.20. The number of anilines is 1. The standard InChI is InChI=1S/C12H18N2/c1-10(2)12(5-6-12)9-14-11-3-7-13-8-4-11/h3-4,7-8,10H,5-6,9H2,1-2H3,(H,13,14). The Bertz CT molecular complexity index is 288. The van der Waals surface area contributed by atoms with Crippen LogP contribution in [0, 0.1) is 11.3 Å². The molecule has 1 aromatic heterocycles. The molecule has 2 nitrogen and oxygen atoms in total. The van der Waals surface area contributed by atoms with Crippen LogP contribution in [-0.2, 0) is 0 Å². The molecule has 0 unspecified atom stereocenters. The molecule has 1 N–H and O–H groups in total. The number of aromatic nitrogens is 1. The van der Waals surface area contributed by atoms with E-state index in [-0.39, 0.29) is 0 Å². The molecule has 14 heavy (non-hydrogen) atoms. The average molecular weight is 190 g/mol. The molecule has 1 heterocycles. The van der Waals surface area contributed by atoms with Gasteiger partial charge in [0.05, 0.1) is 0 Å². The van der Waals surface area contributed by atoms with E-state index in [0.29, 0.717) is 5.41 Å². The molecule has 1 aliphatic carbocycles. The van der Waals surface area contributed by atoms with Gasteiger partial charge in [0.1, 0.15) is 0 Å². The second-order valence-electron chi connectivity index (χ2n) is 4.61. The van der Waals surface area contributed by atoms with Gasteiger partial charge in [0.2, 0.25) is 0 Å². The van der Waals surface area contributed by atoms with E-state index in [4.69, 9.17) is 0 Å². The molecule has 0 atom stereocenters. The Morgan fingerprint density at radius 2 is 2.00 bits per heavy atom. The van der Waals surface area contributed by atoms with Crippen molar-refractivity contribution in [1.29, 1.82) is 0 Å². The first-order chi connectivity index (χ1) is 6.73. The van der Waals surface area contributed by atoms with Crippen LogP contribution in [0.5, 0.6) is 0 Å². The Morgan fingerprint density at radius 3 is 2.50 bits per heavy atom. The van der Waals surface area contributed by atoms with E-state index in [1.807, 2.05) is 24.5 Å². The van der Waals surface area contributed by atoms with Crippen LogP contribution in [0.1, 0.15) is 26.7 Å². The van der Waals surface area contributed by atoms with Crippen molar-refractivity contribution in [2.75, 3.05) is 11.9 Å². The van der Waals surface area contributed by atoms with Crippen molar-refractivity contribution in [1.82, 2.24) is 4.98 Å². The van der Waals surface area contributed by atoms with Crippen LogP contribution in [0.25, 0.3) is 0 Å². The summed E-state index contributed by atoms with van der Waals surface area (Å²) in [5.74, 6) is 0.789. The summed E-state index contributed by atoms with van der Waals surface area (Å²) in [6.07, 6.45) is 6.42. The van der Waals surface area contributed by atoms with Gasteiger partial charge in [0, 0.05) is 24.6 Å². The Balaban J connectivity index is 1.89. The molecular weight excluding hydrogens is 172 g/mol. The maximum Gasteiger partial charge on any atom is 0.0371 e. The van der Waals surface area contributed by atoms with Gasteiger partial charge in [0.15, 0.2) is 0 Å². The van der Waals surface area contributed by atoms with E-state index in [9.17, 15) is 0 Å². The number of pyridine rings is 1. The van der Waals surface area contributed by atoms with Crippen molar-refractivity contribution in [3.8, 4) is 0 Å². The zero-order chi connectivity index (χ0) is 10.0. The Kier molecular flexibility index (Phi) is 2.44. The van der Waals surface area contributed by atoms with Gasteiger partial charge in [-0.25, -0.2) is 0 Å². The second-order valence-corrected chi connectivity index (χ2v) is 4.61. The lowest BCUT2D eigenvalue weighted by molar-refractivity contribution is 0.380. The van der Waals surface area contributed by atoms with Gasteiger partial charge >= 0.3 is 0 Å². The summed E-state index contributed by atoms with van der Waals surface area (Å²) in [7, 11) is 0. The van der Waals surface area contributed by atoms with Crippen LogP contribution in [-0.4, -0.2) is 11.5 Å². The number of hydrogen-bond donors (Lipinski definition) is 1. The third kappa shape index (κ3) is 1.89. The van der Waals surface area contributed by atoms with Crippen LogP contribution in [0.3, 0.4) is 0 Å². The topological polar surface area (TPSA) is 24.9 Å². The van der Waals surface area contributed by atoms with Gasteiger partial charge in [0.25, 0.3) is 0 Å². The molecular formula is C12H18N2. The molecule has 1 saturated carbocycles. The highest BCUT2D eigenvalue weighted by molar-refractivity contribution is 5.41. The van der Waals surface area contributed by atoms with Gasteiger partial charge in [-0.2, -0.15) is 0 Å². The molecule has 76 valence electrons. The molecule has 1 fully saturated rings. The first-order valence-electron chi connectivity index (χ1n) is 5.37. The van der Waals surface area contributed by atoms with E-state index >= 15 is 0 Å². The van der Waals surface area contributed by atoms with E-state index < -0.39 is 0 Å². The molecule has 0 spiro atoms. The van der Waals surface area contributed by atoms with Crippen molar-refractivity contribution < 1.29 is 0 Å². The van der Waals surface area contributed by atoms with Gasteiger partial charge in [-0.05, 0) is 36.3 Å². The highest BCUT2D eigenvalue weighted by atomic mass is 14.9. The lowest BCUT2D eigenvalue weighted by atomic mass is 9.92. The highest BCUT2D eigenvalue weighted by Gasteiger charge is 2.44. The SMILES string of the molecule is CC(C)C1(CNc2ccncc2)CC1. The fourth-order valence-electron chi connectivity index (χ4n) is 1.87. The van der Waals surface area contributed by atoms with Crippen LogP contribution in [0.4, 0.5) is 5.69 Å². The summed E-state index contributed by atoms with van der Waals surface area (Å²) < 4.78 is 0. The molecule has 0 bridgehead atoms. The first kappa shape index (κ1) is 9.50. The molecule has 0 aliphatic heterocycles. The van der Waals surface area contributed by atoms with E-state index in [0.717, 1.165) is 12.5 Å². The molecule has 1 aliphatic rings. The summed E-state index contributed by atoms with van der Waals surface area (Å²) >= 11 is 0. The van der Waals surface area contributed by atoms with Crippen LogP contribution in [0.15, 0.2) is 24.5 Å². The number of rotatable bonds is 4. The average Bonchev–Trinajstić information content (AvgIpc) is 2.97. The Labute approximate surface area is 85.7 Å². The van der Waals surface area contributed by atoms with E-state index in [1.54, 1.807) is 0 Å². The molecule has 0 saturated heterocycles. The summed E-state index contributed by atoms with van der Waals surface area (Å²) in [5, 5.41) is 3.49. The second kappa shape index (κ2) is 3.60. The third-order valence-corrected chi connectivity index (χ3v) is 3.44. The van der Waals surface area contributed by atoms with Gasteiger partial charge in [-0.3, -0.25) is 4.98 Å². The fourth-order valence-corrected chi connectivity index (χ4v) is 1.87. The highest BCUT2D eigenvalue weighted by Crippen LogP contribution is 2.51. The monoisotopic (exact) mass is 190 g/mol. The van der Waals surface area contributed by atoms with Crippen molar-refractivity contribution in [3.05, 3.63) is 24.5 Å². The normalized spacial score (nSPS) is 18.2. The zero-order valence-electron chi connectivity index (χ0n) is 8.96. The summed E-state index contributed by atoms with van der Waals surface area (Å²) in [4.78, 5) is 4.00. The Hall–Kier alpha value is -1.05. The van der Waals surface area contributed by atoms with Crippen LogP contribution < -0.4 is 5.32 Å². The van der Waals surface area contributed by atoms with Gasteiger partial charge in [-0.15, -0.1) is 0 Å². The minimum atomic E-state index is 0.573. The summed E-state index contributed by atoms with van der Waals surface area (Å²) in [5.41, 5.74) is 1.76. The summed E-state index contributed by atoms with van der Waals surface area (Å²) in [6.45, 7) is 5.75. The number of hydrogen-bond acceptors (Lipinski definition) is 2.